The van der Waals surface area contributed by atoms with E-state index < -0.39 is 10.8 Å². The molecule has 2 aromatic carbocycles. The molecule has 0 unspecified atom stereocenters. The Morgan fingerprint density at radius 1 is 1.38 bits per heavy atom. The van der Waals surface area contributed by atoms with Crippen molar-refractivity contribution in [3.8, 4) is 5.75 Å². The molecule has 8 heteroatoms. The number of hydrogen-bond donors (Lipinski definition) is 1. The van der Waals surface area contributed by atoms with E-state index in [-0.39, 0.29) is 18.0 Å². The molecule has 1 amide bonds. The first kappa shape index (κ1) is 18.2. The molecule has 2 aromatic rings. The minimum atomic E-state index is -0.557. The number of ether oxygens (including phenoxy) is 1. The van der Waals surface area contributed by atoms with E-state index in [2.05, 4.69) is 21.2 Å². The van der Waals surface area contributed by atoms with Crippen molar-refractivity contribution in [3.05, 3.63) is 61.1 Å². The van der Waals surface area contributed by atoms with Crippen molar-refractivity contribution in [2.75, 3.05) is 11.9 Å². The van der Waals surface area contributed by atoms with Gasteiger partial charge in [0.1, 0.15) is 11.4 Å². The van der Waals surface area contributed by atoms with Crippen LogP contribution < -0.4 is 10.1 Å². The average Bonchev–Trinajstić information content (AvgIpc) is 2.55. The van der Waals surface area contributed by atoms with Crippen LogP contribution in [0.1, 0.15) is 11.1 Å². The van der Waals surface area contributed by atoms with E-state index in [0.29, 0.717) is 15.2 Å². The van der Waals surface area contributed by atoms with Gasteiger partial charge in [0.15, 0.2) is 6.61 Å². The van der Waals surface area contributed by atoms with Gasteiger partial charge < -0.3 is 10.1 Å². The van der Waals surface area contributed by atoms with Crippen LogP contribution in [0.25, 0.3) is 0 Å². The molecule has 6 nitrogen and oxygen atoms in total. The van der Waals surface area contributed by atoms with E-state index in [4.69, 9.17) is 16.3 Å². The molecular weight excluding hydrogens is 400 g/mol. The molecule has 0 saturated heterocycles. The number of benzene rings is 2. The van der Waals surface area contributed by atoms with Crippen molar-refractivity contribution in [1.82, 2.24) is 0 Å². The number of nitrogens with zero attached hydrogens (tertiary/aromatic N) is 1. The maximum atomic E-state index is 12.0. The van der Waals surface area contributed by atoms with Gasteiger partial charge >= 0.3 is 0 Å². The Kier molecular flexibility index (Phi) is 5.80. The fourth-order valence-electron chi connectivity index (χ4n) is 2.07. The smallest absolute Gasteiger partial charge is 0.292 e. The number of carbonyl (C=O) groups is 1. The molecule has 0 aromatic heterocycles. The largest absolute Gasteiger partial charge is 0.483 e. The van der Waals surface area contributed by atoms with Gasteiger partial charge in [-0.2, -0.15) is 0 Å². The summed E-state index contributed by atoms with van der Waals surface area (Å²) in [6.45, 7) is 3.38. The SMILES string of the molecule is Cc1cc(OCC(=O)Nc2ccccc2[N+](=O)[O-])c(Br)c(C)c1Cl. The molecule has 24 heavy (non-hydrogen) atoms. The fourth-order valence-corrected chi connectivity index (χ4v) is 2.76. The van der Waals surface area contributed by atoms with Gasteiger partial charge in [-0.15, -0.1) is 0 Å². The molecule has 0 aliphatic carbocycles. The second kappa shape index (κ2) is 7.63. The summed E-state index contributed by atoms with van der Waals surface area (Å²) < 4.78 is 6.16. The molecule has 2 rings (SSSR count). The summed E-state index contributed by atoms with van der Waals surface area (Å²) in [4.78, 5) is 22.4. The quantitative estimate of drug-likeness (QED) is 0.571. The van der Waals surface area contributed by atoms with Crippen LogP contribution in [0.2, 0.25) is 5.02 Å². The standard InChI is InChI=1S/C16H14BrClN2O4/c1-9-7-13(15(17)10(2)16(9)18)24-8-14(21)19-11-5-3-4-6-12(11)20(22)23/h3-7H,8H2,1-2H3,(H,19,21). The molecular formula is C16H14BrClN2O4. The molecule has 126 valence electrons. The minimum Gasteiger partial charge on any atom is -0.483 e. The molecule has 1 N–H and O–H groups in total. The van der Waals surface area contributed by atoms with Gasteiger partial charge in [0.25, 0.3) is 11.6 Å². The molecule has 0 saturated carbocycles. The van der Waals surface area contributed by atoms with Gasteiger partial charge in [0, 0.05) is 11.1 Å². The van der Waals surface area contributed by atoms with Gasteiger partial charge in [0.2, 0.25) is 0 Å². The molecule has 0 aliphatic heterocycles. The highest BCUT2D eigenvalue weighted by Crippen LogP contribution is 2.35. The lowest BCUT2D eigenvalue weighted by Crippen LogP contribution is -2.21. The molecule has 0 aliphatic rings. The predicted molar refractivity (Wildman–Crippen MR) is 95.8 cm³/mol. The number of aryl methyl sites for hydroxylation is 1. The first-order valence-electron chi connectivity index (χ1n) is 6.92. The normalized spacial score (nSPS) is 10.3. The summed E-state index contributed by atoms with van der Waals surface area (Å²) in [5.74, 6) is -0.0198. The van der Waals surface area contributed by atoms with Crippen molar-refractivity contribution in [2.24, 2.45) is 0 Å². The highest BCUT2D eigenvalue weighted by atomic mass is 79.9. The topological polar surface area (TPSA) is 81.5 Å². The first-order valence-corrected chi connectivity index (χ1v) is 8.09. The van der Waals surface area contributed by atoms with Crippen LogP contribution in [0.3, 0.4) is 0 Å². The van der Waals surface area contributed by atoms with E-state index in [9.17, 15) is 14.9 Å². The zero-order valence-electron chi connectivity index (χ0n) is 12.9. The third-order valence-electron chi connectivity index (χ3n) is 3.30. The average molecular weight is 414 g/mol. The van der Waals surface area contributed by atoms with Gasteiger partial charge in [-0.1, -0.05) is 23.7 Å². The monoisotopic (exact) mass is 412 g/mol. The van der Waals surface area contributed by atoms with Crippen LogP contribution in [0.4, 0.5) is 11.4 Å². The van der Waals surface area contributed by atoms with E-state index in [0.717, 1.165) is 11.1 Å². The van der Waals surface area contributed by atoms with Gasteiger partial charge in [-0.3, -0.25) is 14.9 Å². The number of rotatable bonds is 5. The van der Waals surface area contributed by atoms with Crippen molar-refractivity contribution >= 4 is 44.8 Å². The highest BCUT2D eigenvalue weighted by Gasteiger charge is 2.16. The summed E-state index contributed by atoms with van der Waals surface area (Å²) in [7, 11) is 0. The Morgan fingerprint density at radius 3 is 2.71 bits per heavy atom. The van der Waals surface area contributed by atoms with Crippen LogP contribution in [-0.2, 0) is 4.79 Å². The molecule has 0 fully saturated rings. The van der Waals surface area contributed by atoms with E-state index in [1.54, 1.807) is 12.1 Å². The highest BCUT2D eigenvalue weighted by molar-refractivity contribution is 9.10. The summed E-state index contributed by atoms with van der Waals surface area (Å²) in [6, 6.07) is 7.63. The lowest BCUT2D eigenvalue weighted by atomic mass is 10.1. The third kappa shape index (κ3) is 4.04. The zero-order chi connectivity index (χ0) is 17.9. The Labute approximate surface area is 152 Å². The van der Waals surface area contributed by atoms with Crippen molar-refractivity contribution < 1.29 is 14.5 Å². The van der Waals surface area contributed by atoms with Crippen LogP contribution in [0, 0.1) is 24.0 Å². The Morgan fingerprint density at radius 2 is 2.04 bits per heavy atom. The van der Waals surface area contributed by atoms with Crippen molar-refractivity contribution in [1.29, 1.82) is 0 Å². The fraction of sp³-hybridized carbons (Fsp3) is 0.188. The maximum Gasteiger partial charge on any atom is 0.292 e. The van der Waals surface area contributed by atoms with Crippen molar-refractivity contribution in [2.45, 2.75) is 13.8 Å². The summed E-state index contributed by atoms with van der Waals surface area (Å²) in [5, 5.41) is 14.0. The van der Waals surface area contributed by atoms with Gasteiger partial charge in [-0.05, 0) is 53.0 Å². The van der Waals surface area contributed by atoms with Crippen LogP contribution in [-0.4, -0.2) is 17.4 Å². The summed E-state index contributed by atoms with van der Waals surface area (Å²) in [5.41, 5.74) is 1.58. The number of hydrogen-bond acceptors (Lipinski definition) is 4. The minimum absolute atomic E-state index is 0.124. The number of nitro benzene ring substituents is 1. The van der Waals surface area contributed by atoms with E-state index in [1.807, 2.05) is 13.8 Å². The first-order chi connectivity index (χ1) is 11.3. The number of amides is 1. The number of anilines is 1. The molecule has 0 spiro atoms. The van der Waals surface area contributed by atoms with E-state index >= 15 is 0 Å². The number of para-hydroxylation sites is 2. The Balaban J connectivity index is 2.09. The Hall–Kier alpha value is -2.12. The second-order valence-electron chi connectivity index (χ2n) is 5.06. The number of nitrogens with one attached hydrogen (secondary N) is 1. The lowest BCUT2D eigenvalue weighted by Gasteiger charge is -2.13. The number of halogens is 2. The molecule has 0 radical (unpaired) electrons. The number of carbonyl (C=O) groups excluding carboxylic acids is 1. The van der Waals surface area contributed by atoms with Gasteiger partial charge in [-0.25, -0.2) is 0 Å². The van der Waals surface area contributed by atoms with Crippen LogP contribution in [0.15, 0.2) is 34.8 Å². The molecule has 0 bridgehead atoms. The Bertz CT molecular complexity index is 811. The molecule has 0 heterocycles. The van der Waals surface area contributed by atoms with Crippen molar-refractivity contribution in [3.63, 3.8) is 0 Å². The van der Waals surface area contributed by atoms with Crippen LogP contribution in [0.5, 0.6) is 5.75 Å². The maximum absolute atomic E-state index is 12.0. The lowest BCUT2D eigenvalue weighted by molar-refractivity contribution is -0.383. The summed E-state index contributed by atoms with van der Waals surface area (Å²) >= 11 is 9.53. The predicted octanol–water partition coefficient (Wildman–Crippen LogP) is 4.65. The van der Waals surface area contributed by atoms with Crippen LogP contribution >= 0.6 is 27.5 Å². The molecule has 0 atom stereocenters. The second-order valence-corrected chi connectivity index (χ2v) is 6.23. The zero-order valence-corrected chi connectivity index (χ0v) is 15.3. The third-order valence-corrected chi connectivity index (χ3v) is 4.87. The number of nitro groups is 1. The van der Waals surface area contributed by atoms with E-state index in [1.165, 1.54) is 18.2 Å². The van der Waals surface area contributed by atoms with Gasteiger partial charge in [0.05, 0.1) is 9.40 Å². The summed E-state index contributed by atoms with van der Waals surface area (Å²) in [6.07, 6.45) is 0.